The number of hydrogen-bond acceptors (Lipinski definition) is 5. The van der Waals surface area contributed by atoms with Gasteiger partial charge in [-0.05, 0) is 56.3 Å². The van der Waals surface area contributed by atoms with E-state index in [1.54, 1.807) is 13.8 Å². The second-order valence-corrected chi connectivity index (χ2v) is 6.23. The summed E-state index contributed by atoms with van der Waals surface area (Å²) in [6.45, 7) is 2.74. The van der Waals surface area contributed by atoms with E-state index in [0.717, 1.165) is 18.2 Å². The highest BCUT2D eigenvalue weighted by Crippen LogP contribution is 2.29. The minimum Gasteiger partial charge on any atom is -0.459 e. The molecule has 0 saturated heterocycles. The molecule has 2 aromatic rings. The molecule has 0 heterocycles. The Morgan fingerprint density at radius 2 is 1.62 bits per heavy atom. The molecule has 0 aliphatic heterocycles. The van der Waals surface area contributed by atoms with Gasteiger partial charge in [0.15, 0.2) is 6.61 Å². The van der Waals surface area contributed by atoms with Crippen molar-refractivity contribution in [2.24, 2.45) is 0 Å². The number of halogens is 3. The normalized spacial score (nSPS) is 11.1. The Morgan fingerprint density at radius 1 is 0.966 bits per heavy atom. The zero-order valence-electron chi connectivity index (χ0n) is 15.6. The van der Waals surface area contributed by atoms with Crippen LogP contribution >= 0.6 is 0 Å². The van der Waals surface area contributed by atoms with E-state index in [9.17, 15) is 27.6 Å². The lowest BCUT2D eigenvalue weighted by Crippen LogP contribution is -2.21. The van der Waals surface area contributed by atoms with Crippen molar-refractivity contribution in [2.45, 2.75) is 26.1 Å². The lowest BCUT2D eigenvalue weighted by molar-refractivity contribution is -0.137. The third-order valence-corrected chi connectivity index (χ3v) is 3.51. The Labute approximate surface area is 164 Å². The third kappa shape index (κ3) is 6.63. The molecule has 0 unspecified atom stereocenters. The van der Waals surface area contributed by atoms with Gasteiger partial charge in [0.05, 0.1) is 22.8 Å². The summed E-state index contributed by atoms with van der Waals surface area (Å²) < 4.78 is 47.8. The molecule has 0 aromatic heterocycles. The lowest BCUT2D eigenvalue weighted by atomic mass is 10.1. The summed E-state index contributed by atoms with van der Waals surface area (Å²) in [7, 11) is 0. The Morgan fingerprint density at radius 3 is 2.21 bits per heavy atom. The van der Waals surface area contributed by atoms with Crippen LogP contribution in [0.5, 0.6) is 0 Å². The van der Waals surface area contributed by atoms with Crippen LogP contribution in [0.1, 0.15) is 40.1 Å². The maximum atomic E-state index is 12.7. The van der Waals surface area contributed by atoms with Crippen LogP contribution in [-0.4, -0.2) is 30.6 Å². The summed E-state index contributed by atoms with van der Waals surface area (Å²) in [6.07, 6.45) is -4.87. The van der Waals surface area contributed by atoms with Gasteiger partial charge in [-0.2, -0.15) is 13.2 Å². The van der Waals surface area contributed by atoms with E-state index in [1.165, 1.54) is 24.3 Å². The first-order valence-corrected chi connectivity index (χ1v) is 8.51. The average molecular weight is 409 g/mol. The number of esters is 2. The van der Waals surface area contributed by atoms with Crippen molar-refractivity contribution in [3.05, 3.63) is 65.2 Å². The van der Waals surface area contributed by atoms with Crippen LogP contribution in [0.4, 0.5) is 18.9 Å². The molecule has 2 rings (SSSR count). The van der Waals surface area contributed by atoms with Crippen molar-refractivity contribution in [3.63, 3.8) is 0 Å². The quantitative estimate of drug-likeness (QED) is 0.728. The average Bonchev–Trinajstić information content (AvgIpc) is 2.65. The number of nitrogens with one attached hydrogen (secondary N) is 1. The van der Waals surface area contributed by atoms with Crippen molar-refractivity contribution in [2.75, 3.05) is 11.9 Å². The molecule has 0 spiro atoms. The summed E-state index contributed by atoms with van der Waals surface area (Å²) in [4.78, 5) is 35.5. The zero-order chi connectivity index (χ0) is 21.6. The van der Waals surface area contributed by atoms with Gasteiger partial charge in [0, 0.05) is 5.69 Å². The molecule has 0 aliphatic rings. The van der Waals surface area contributed by atoms with Crippen molar-refractivity contribution in [1.29, 1.82) is 0 Å². The van der Waals surface area contributed by atoms with Crippen LogP contribution in [0.3, 0.4) is 0 Å². The number of carbonyl (C=O) groups is 3. The van der Waals surface area contributed by atoms with Crippen LogP contribution in [-0.2, 0) is 20.4 Å². The Kier molecular flexibility index (Phi) is 6.98. The van der Waals surface area contributed by atoms with E-state index in [4.69, 9.17) is 9.47 Å². The SMILES string of the molecule is CC(C)OC(=O)c1ccc(NC(=O)COC(=O)c2cccc(C(F)(F)F)c2)cc1. The number of amides is 1. The van der Waals surface area contributed by atoms with Gasteiger partial charge < -0.3 is 14.8 Å². The second kappa shape index (κ2) is 9.22. The number of alkyl halides is 3. The molecule has 0 radical (unpaired) electrons. The van der Waals surface area contributed by atoms with E-state index < -0.39 is 36.2 Å². The first kappa shape index (κ1) is 21.9. The number of rotatable bonds is 6. The van der Waals surface area contributed by atoms with Crippen molar-refractivity contribution in [3.8, 4) is 0 Å². The Bertz CT molecular complexity index is 892. The Hall–Kier alpha value is -3.36. The van der Waals surface area contributed by atoms with Crippen LogP contribution < -0.4 is 5.32 Å². The summed E-state index contributed by atoms with van der Waals surface area (Å²) in [5.41, 5.74) is -0.674. The molecule has 0 bridgehead atoms. The summed E-state index contributed by atoms with van der Waals surface area (Å²) in [5, 5.41) is 2.44. The maximum absolute atomic E-state index is 12.7. The minimum absolute atomic E-state index is 0.270. The summed E-state index contributed by atoms with van der Waals surface area (Å²) in [6, 6.07) is 9.53. The molecule has 0 atom stereocenters. The highest BCUT2D eigenvalue weighted by molar-refractivity contribution is 5.96. The van der Waals surface area contributed by atoms with E-state index in [1.807, 2.05) is 0 Å². The predicted molar refractivity (Wildman–Crippen MR) is 97.3 cm³/mol. The fourth-order valence-corrected chi connectivity index (χ4v) is 2.21. The molecule has 9 heteroatoms. The molecular formula is C20H18F3NO5. The van der Waals surface area contributed by atoms with Crippen LogP contribution in [0.15, 0.2) is 48.5 Å². The van der Waals surface area contributed by atoms with Crippen LogP contribution in [0.2, 0.25) is 0 Å². The van der Waals surface area contributed by atoms with Gasteiger partial charge in [0.2, 0.25) is 0 Å². The summed E-state index contributed by atoms with van der Waals surface area (Å²) >= 11 is 0. The molecular weight excluding hydrogens is 391 g/mol. The Balaban J connectivity index is 1.90. The molecule has 1 N–H and O–H groups in total. The van der Waals surface area contributed by atoms with Gasteiger partial charge in [-0.3, -0.25) is 4.79 Å². The fraction of sp³-hybridized carbons (Fsp3) is 0.250. The molecule has 2 aromatic carbocycles. The van der Waals surface area contributed by atoms with Crippen LogP contribution in [0.25, 0.3) is 0 Å². The van der Waals surface area contributed by atoms with Crippen molar-refractivity contribution >= 4 is 23.5 Å². The molecule has 0 fully saturated rings. The highest BCUT2D eigenvalue weighted by atomic mass is 19.4. The van der Waals surface area contributed by atoms with E-state index in [0.29, 0.717) is 17.3 Å². The first-order valence-electron chi connectivity index (χ1n) is 8.51. The summed E-state index contributed by atoms with van der Waals surface area (Å²) in [5.74, 6) is -2.26. The fourth-order valence-electron chi connectivity index (χ4n) is 2.21. The van der Waals surface area contributed by atoms with Gasteiger partial charge in [-0.15, -0.1) is 0 Å². The predicted octanol–water partition coefficient (Wildman–Crippen LogP) is 4.07. The largest absolute Gasteiger partial charge is 0.459 e. The third-order valence-electron chi connectivity index (χ3n) is 3.51. The van der Waals surface area contributed by atoms with Gasteiger partial charge in [-0.25, -0.2) is 9.59 Å². The van der Waals surface area contributed by atoms with Gasteiger partial charge in [-0.1, -0.05) is 6.07 Å². The number of anilines is 1. The van der Waals surface area contributed by atoms with Gasteiger partial charge in [0.1, 0.15) is 0 Å². The second-order valence-electron chi connectivity index (χ2n) is 6.23. The van der Waals surface area contributed by atoms with Crippen molar-refractivity contribution < 1.29 is 37.0 Å². The number of benzene rings is 2. The minimum atomic E-state index is -4.60. The van der Waals surface area contributed by atoms with Gasteiger partial charge in [0.25, 0.3) is 5.91 Å². The van der Waals surface area contributed by atoms with Crippen molar-refractivity contribution in [1.82, 2.24) is 0 Å². The lowest BCUT2D eigenvalue weighted by Gasteiger charge is -2.10. The molecule has 0 aliphatic carbocycles. The first-order chi connectivity index (χ1) is 13.6. The molecule has 154 valence electrons. The number of hydrogen-bond donors (Lipinski definition) is 1. The number of ether oxygens (including phenoxy) is 2. The standard InChI is InChI=1S/C20H18F3NO5/c1-12(2)29-19(27)13-6-8-16(9-7-13)24-17(25)11-28-18(26)14-4-3-5-15(10-14)20(21,22)23/h3-10,12H,11H2,1-2H3,(H,24,25). The highest BCUT2D eigenvalue weighted by Gasteiger charge is 2.31. The smallest absolute Gasteiger partial charge is 0.416 e. The zero-order valence-corrected chi connectivity index (χ0v) is 15.6. The molecule has 1 amide bonds. The molecule has 6 nitrogen and oxygen atoms in total. The molecule has 0 saturated carbocycles. The van der Waals surface area contributed by atoms with E-state index in [2.05, 4.69) is 5.32 Å². The maximum Gasteiger partial charge on any atom is 0.416 e. The molecule has 29 heavy (non-hydrogen) atoms. The number of carbonyl (C=O) groups excluding carboxylic acids is 3. The monoisotopic (exact) mass is 409 g/mol. The van der Waals surface area contributed by atoms with Crippen LogP contribution in [0, 0.1) is 0 Å². The van der Waals surface area contributed by atoms with E-state index >= 15 is 0 Å². The van der Waals surface area contributed by atoms with E-state index in [-0.39, 0.29) is 11.7 Å². The topological polar surface area (TPSA) is 81.7 Å². The van der Waals surface area contributed by atoms with Gasteiger partial charge >= 0.3 is 18.1 Å².